The van der Waals surface area contributed by atoms with Crippen molar-refractivity contribution in [3.05, 3.63) is 94.5 Å². The molecule has 130 valence electrons. The molecule has 0 heterocycles. The minimum Gasteiger partial charge on any atom is -0.422 e. The molecule has 0 radical (unpaired) electrons. The van der Waals surface area contributed by atoms with E-state index in [1.165, 1.54) is 0 Å². The maximum atomic E-state index is 12.3. The van der Waals surface area contributed by atoms with Gasteiger partial charge in [-0.25, -0.2) is 4.79 Å². The number of hydrogen-bond acceptors (Lipinski definition) is 4. The van der Waals surface area contributed by atoms with Gasteiger partial charge in [-0.3, -0.25) is 4.79 Å². The topological polar surface area (TPSA) is 52.6 Å². The molecule has 0 fully saturated rings. The molecule has 3 rings (SSSR count). The second-order valence-corrected chi connectivity index (χ2v) is 6.40. The number of para-hydroxylation sites is 2. The number of carbonyl (C=O) groups is 2. The van der Waals surface area contributed by atoms with Crippen molar-refractivity contribution in [1.29, 1.82) is 0 Å². The first-order valence-corrected chi connectivity index (χ1v) is 8.72. The fraction of sp³-hybridized carbons (Fsp3) is 0.0476. The lowest BCUT2D eigenvalue weighted by Crippen LogP contribution is -2.14. The molecule has 3 aromatic rings. The van der Waals surface area contributed by atoms with Crippen molar-refractivity contribution >= 4 is 27.9 Å². The van der Waals surface area contributed by atoms with Crippen molar-refractivity contribution < 1.29 is 19.1 Å². The first kappa shape index (κ1) is 17.9. The first-order chi connectivity index (χ1) is 12.6. The summed E-state index contributed by atoms with van der Waals surface area (Å²) in [7, 11) is 0. The molecule has 0 saturated carbocycles. The summed E-state index contributed by atoms with van der Waals surface area (Å²) in [5.74, 6) is -0.560. The number of esters is 2. The number of ether oxygens (including phenoxy) is 2. The van der Waals surface area contributed by atoms with Crippen molar-refractivity contribution in [2.24, 2.45) is 0 Å². The highest BCUT2D eigenvalue weighted by atomic mass is 79.9. The summed E-state index contributed by atoms with van der Waals surface area (Å²) < 4.78 is 11.6. The van der Waals surface area contributed by atoms with Crippen LogP contribution in [0.1, 0.15) is 15.9 Å². The fourth-order valence-electron chi connectivity index (χ4n) is 2.31. The van der Waals surface area contributed by atoms with Gasteiger partial charge in [0.05, 0.1) is 12.0 Å². The lowest BCUT2D eigenvalue weighted by molar-refractivity contribution is -0.133. The van der Waals surface area contributed by atoms with Gasteiger partial charge in [-0.2, -0.15) is 0 Å². The van der Waals surface area contributed by atoms with Gasteiger partial charge in [0.2, 0.25) is 0 Å². The van der Waals surface area contributed by atoms with E-state index in [2.05, 4.69) is 15.9 Å². The van der Waals surface area contributed by atoms with Crippen LogP contribution in [0.4, 0.5) is 0 Å². The van der Waals surface area contributed by atoms with Gasteiger partial charge < -0.3 is 9.47 Å². The average Bonchev–Trinajstić information content (AvgIpc) is 2.64. The summed E-state index contributed by atoms with van der Waals surface area (Å²) >= 11 is 3.32. The zero-order valence-electron chi connectivity index (χ0n) is 13.7. The van der Waals surface area contributed by atoms with Crippen molar-refractivity contribution in [3.8, 4) is 11.5 Å². The van der Waals surface area contributed by atoms with E-state index in [1.807, 2.05) is 36.4 Å². The quantitative estimate of drug-likeness (QED) is 0.447. The van der Waals surface area contributed by atoms with E-state index in [9.17, 15) is 9.59 Å². The Morgan fingerprint density at radius 1 is 0.769 bits per heavy atom. The SMILES string of the molecule is O=C(Cc1ccccc1)Oc1ccccc1OC(=O)c1cccc(Br)c1. The van der Waals surface area contributed by atoms with Crippen LogP contribution in [0.2, 0.25) is 0 Å². The lowest BCUT2D eigenvalue weighted by atomic mass is 10.1. The summed E-state index contributed by atoms with van der Waals surface area (Å²) in [5.41, 5.74) is 1.24. The molecule has 0 unspecified atom stereocenters. The van der Waals surface area contributed by atoms with Gasteiger partial charge in [-0.15, -0.1) is 0 Å². The molecule has 0 bridgehead atoms. The zero-order chi connectivity index (χ0) is 18.4. The normalized spacial score (nSPS) is 10.2. The Kier molecular flexibility index (Phi) is 5.81. The van der Waals surface area contributed by atoms with Crippen LogP contribution in [0, 0.1) is 0 Å². The number of carbonyl (C=O) groups excluding carboxylic acids is 2. The monoisotopic (exact) mass is 410 g/mol. The Balaban J connectivity index is 1.71. The number of benzene rings is 3. The van der Waals surface area contributed by atoms with Gasteiger partial charge >= 0.3 is 11.9 Å². The second-order valence-electron chi connectivity index (χ2n) is 5.48. The Hall–Kier alpha value is -2.92. The number of halogens is 1. The second kappa shape index (κ2) is 8.45. The summed E-state index contributed by atoms with van der Waals surface area (Å²) in [6, 6.07) is 22.7. The molecular weight excluding hydrogens is 396 g/mol. The minimum absolute atomic E-state index is 0.134. The summed E-state index contributed by atoms with van der Waals surface area (Å²) in [4.78, 5) is 24.5. The van der Waals surface area contributed by atoms with E-state index >= 15 is 0 Å². The molecule has 0 aliphatic carbocycles. The van der Waals surface area contributed by atoms with E-state index in [4.69, 9.17) is 9.47 Å². The molecule has 5 heteroatoms. The van der Waals surface area contributed by atoms with Crippen LogP contribution in [-0.4, -0.2) is 11.9 Å². The van der Waals surface area contributed by atoms with Crippen LogP contribution in [0.15, 0.2) is 83.3 Å². The molecule has 0 N–H and O–H groups in total. The van der Waals surface area contributed by atoms with Gasteiger partial charge in [0.1, 0.15) is 0 Å². The molecule has 3 aromatic carbocycles. The van der Waals surface area contributed by atoms with Crippen LogP contribution in [-0.2, 0) is 11.2 Å². The lowest BCUT2D eigenvalue weighted by Gasteiger charge is -2.10. The van der Waals surface area contributed by atoms with Gasteiger partial charge in [0, 0.05) is 4.47 Å². The predicted octanol–water partition coefficient (Wildman–Crippen LogP) is 4.82. The number of hydrogen-bond donors (Lipinski definition) is 0. The van der Waals surface area contributed by atoms with E-state index in [0.29, 0.717) is 5.56 Å². The van der Waals surface area contributed by atoms with E-state index in [0.717, 1.165) is 10.0 Å². The smallest absolute Gasteiger partial charge is 0.343 e. The van der Waals surface area contributed by atoms with Gasteiger partial charge in [-0.05, 0) is 35.9 Å². The maximum Gasteiger partial charge on any atom is 0.343 e. The largest absolute Gasteiger partial charge is 0.422 e. The van der Waals surface area contributed by atoms with Crippen LogP contribution < -0.4 is 9.47 Å². The van der Waals surface area contributed by atoms with Crippen molar-refractivity contribution in [1.82, 2.24) is 0 Å². The molecule has 4 nitrogen and oxygen atoms in total. The standard InChI is InChI=1S/C21H15BrO4/c22-17-10-6-9-16(14-17)21(24)26-19-12-5-4-11-18(19)25-20(23)13-15-7-2-1-3-8-15/h1-12,14H,13H2. The van der Waals surface area contributed by atoms with Crippen LogP contribution in [0.3, 0.4) is 0 Å². The molecule has 0 atom stereocenters. The summed E-state index contributed by atoms with van der Waals surface area (Å²) in [5, 5.41) is 0. The van der Waals surface area contributed by atoms with Gasteiger partial charge in [-0.1, -0.05) is 64.5 Å². The molecule has 0 saturated heterocycles. The molecule has 0 aliphatic heterocycles. The third kappa shape index (κ3) is 4.80. The van der Waals surface area contributed by atoms with Gasteiger partial charge in [0.15, 0.2) is 11.5 Å². The average molecular weight is 411 g/mol. The predicted molar refractivity (Wildman–Crippen MR) is 101 cm³/mol. The van der Waals surface area contributed by atoms with Gasteiger partial charge in [0.25, 0.3) is 0 Å². The minimum atomic E-state index is -0.530. The third-order valence-electron chi connectivity index (χ3n) is 3.53. The molecular formula is C21H15BrO4. The fourth-order valence-corrected chi connectivity index (χ4v) is 2.71. The molecule has 0 aromatic heterocycles. The molecule has 26 heavy (non-hydrogen) atoms. The first-order valence-electron chi connectivity index (χ1n) is 7.93. The summed E-state index contributed by atoms with van der Waals surface area (Å²) in [6.45, 7) is 0. The highest BCUT2D eigenvalue weighted by molar-refractivity contribution is 9.10. The molecule has 0 aliphatic rings. The highest BCUT2D eigenvalue weighted by Crippen LogP contribution is 2.28. The van der Waals surface area contributed by atoms with Crippen LogP contribution in [0.5, 0.6) is 11.5 Å². The summed E-state index contributed by atoms with van der Waals surface area (Å²) in [6.07, 6.45) is 0.134. The Morgan fingerprint density at radius 3 is 2.12 bits per heavy atom. The van der Waals surface area contributed by atoms with Crippen molar-refractivity contribution in [2.75, 3.05) is 0 Å². The zero-order valence-corrected chi connectivity index (χ0v) is 15.3. The Morgan fingerprint density at radius 2 is 1.42 bits per heavy atom. The molecule has 0 amide bonds. The van der Waals surface area contributed by atoms with E-state index in [1.54, 1.807) is 42.5 Å². The third-order valence-corrected chi connectivity index (χ3v) is 4.02. The van der Waals surface area contributed by atoms with Crippen molar-refractivity contribution in [2.45, 2.75) is 6.42 Å². The maximum absolute atomic E-state index is 12.3. The van der Waals surface area contributed by atoms with Crippen LogP contribution in [0.25, 0.3) is 0 Å². The highest BCUT2D eigenvalue weighted by Gasteiger charge is 2.15. The Bertz CT molecular complexity index is 922. The molecule has 0 spiro atoms. The van der Waals surface area contributed by atoms with E-state index in [-0.39, 0.29) is 17.9 Å². The van der Waals surface area contributed by atoms with E-state index < -0.39 is 11.9 Å². The number of rotatable bonds is 5. The Labute approximate surface area is 159 Å². The van der Waals surface area contributed by atoms with Crippen molar-refractivity contribution in [3.63, 3.8) is 0 Å². The van der Waals surface area contributed by atoms with Crippen LogP contribution >= 0.6 is 15.9 Å².